The highest BCUT2D eigenvalue weighted by Crippen LogP contribution is 2.28. The van der Waals surface area contributed by atoms with Gasteiger partial charge in [0.1, 0.15) is 6.04 Å². The Balaban J connectivity index is 2.43. The zero-order valence-electron chi connectivity index (χ0n) is 12.3. The topological polar surface area (TPSA) is 92.5 Å². The monoisotopic (exact) mass is 311 g/mol. The van der Waals surface area contributed by atoms with Crippen LogP contribution >= 0.6 is 0 Å². The maximum Gasteiger partial charge on any atom is 0.244 e. The number of amides is 1. The number of nitrogens with zero attached hydrogens (tertiary/aromatic N) is 1. The smallest absolute Gasteiger partial charge is 0.244 e. The van der Waals surface area contributed by atoms with Gasteiger partial charge in [-0.1, -0.05) is 6.42 Å². The van der Waals surface area contributed by atoms with Crippen molar-refractivity contribution in [2.45, 2.75) is 37.1 Å². The van der Waals surface area contributed by atoms with E-state index < -0.39 is 16.1 Å². The van der Waals surface area contributed by atoms with Gasteiger partial charge in [0.25, 0.3) is 0 Å². The van der Waals surface area contributed by atoms with E-state index in [4.69, 9.17) is 5.73 Å². The van der Waals surface area contributed by atoms with Crippen LogP contribution in [-0.4, -0.2) is 38.3 Å². The van der Waals surface area contributed by atoms with Crippen molar-refractivity contribution in [1.29, 1.82) is 0 Å². The third-order valence-corrected chi connectivity index (χ3v) is 5.86. The van der Waals surface area contributed by atoms with Gasteiger partial charge in [-0.3, -0.25) is 4.79 Å². The first kappa shape index (κ1) is 15.8. The molecular weight excluding hydrogens is 290 g/mol. The van der Waals surface area contributed by atoms with E-state index >= 15 is 0 Å². The van der Waals surface area contributed by atoms with Crippen molar-refractivity contribution in [3.8, 4) is 0 Å². The second-order valence-electron chi connectivity index (χ2n) is 5.27. The molecule has 1 amide bonds. The van der Waals surface area contributed by atoms with Crippen LogP contribution in [0.2, 0.25) is 0 Å². The Morgan fingerprint density at radius 2 is 2.10 bits per heavy atom. The summed E-state index contributed by atoms with van der Waals surface area (Å²) < 4.78 is 27.0. The molecule has 1 aliphatic heterocycles. The number of carbonyl (C=O) groups excluding carboxylic acids is 1. The molecule has 3 N–H and O–H groups in total. The summed E-state index contributed by atoms with van der Waals surface area (Å²) in [5.74, 6) is -0.258. The third-order valence-electron chi connectivity index (χ3n) is 3.79. The molecule has 1 atom stereocenters. The molecule has 1 saturated heterocycles. The number of nitrogen functional groups attached to an aromatic ring is 1. The second kappa shape index (κ2) is 6.03. The van der Waals surface area contributed by atoms with Crippen LogP contribution in [0.3, 0.4) is 0 Å². The Labute approximate surface area is 125 Å². The maximum atomic E-state index is 12.9. The van der Waals surface area contributed by atoms with Crippen LogP contribution in [-0.2, 0) is 14.8 Å². The molecular formula is C14H21N3O3S. The molecule has 2 rings (SSSR count). The average molecular weight is 311 g/mol. The predicted octanol–water partition coefficient (Wildman–Crippen LogP) is 0.866. The highest BCUT2D eigenvalue weighted by Gasteiger charge is 2.37. The lowest BCUT2D eigenvalue weighted by molar-refractivity contribution is -0.125. The van der Waals surface area contributed by atoms with Crippen molar-refractivity contribution in [3.05, 3.63) is 23.8 Å². The summed E-state index contributed by atoms with van der Waals surface area (Å²) in [7, 11) is -2.17. The molecule has 21 heavy (non-hydrogen) atoms. The van der Waals surface area contributed by atoms with E-state index in [0.29, 0.717) is 24.2 Å². The number of likely N-dealkylation sites (N-methyl/N-ethyl adjacent to an activating group) is 1. The van der Waals surface area contributed by atoms with Crippen LogP contribution < -0.4 is 11.1 Å². The van der Waals surface area contributed by atoms with Gasteiger partial charge in [-0.2, -0.15) is 4.31 Å². The van der Waals surface area contributed by atoms with E-state index in [-0.39, 0.29) is 10.8 Å². The highest BCUT2D eigenvalue weighted by atomic mass is 32.2. The average Bonchev–Trinajstić information content (AvgIpc) is 2.46. The maximum absolute atomic E-state index is 12.9. The molecule has 0 bridgehead atoms. The van der Waals surface area contributed by atoms with Crippen LogP contribution in [0.25, 0.3) is 0 Å². The Kier molecular flexibility index (Phi) is 4.53. The van der Waals surface area contributed by atoms with E-state index in [1.165, 1.54) is 17.4 Å². The lowest BCUT2D eigenvalue weighted by atomic mass is 10.0. The molecule has 1 aromatic rings. The molecule has 1 aromatic carbocycles. The molecule has 1 unspecified atom stereocenters. The highest BCUT2D eigenvalue weighted by molar-refractivity contribution is 7.89. The van der Waals surface area contributed by atoms with E-state index in [2.05, 4.69) is 5.32 Å². The number of carbonyl (C=O) groups is 1. The summed E-state index contributed by atoms with van der Waals surface area (Å²) in [5.41, 5.74) is 6.79. The standard InChI is InChI=1S/C14H21N3O3S/c1-10-9-11(15)6-7-13(10)21(19,20)17-8-4-3-5-12(17)14(18)16-2/h6-7,9,12H,3-5,8,15H2,1-2H3,(H,16,18). The molecule has 1 aliphatic rings. The summed E-state index contributed by atoms with van der Waals surface area (Å²) >= 11 is 0. The summed E-state index contributed by atoms with van der Waals surface area (Å²) in [4.78, 5) is 12.2. The van der Waals surface area contributed by atoms with Crippen LogP contribution in [0.4, 0.5) is 5.69 Å². The van der Waals surface area contributed by atoms with Gasteiger partial charge in [0.15, 0.2) is 0 Å². The zero-order chi connectivity index (χ0) is 15.6. The van der Waals surface area contributed by atoms with Gasteiger partial charge >= 0.3 is 0 Å². The van der Waals surface area contributed by atoms with E-state index in [1.54, 1.807) is 19.1 Å². The Bertz CT molecular complexity index is 643. The van der Waals surface area contributed by atoms with Gasteiger partial charge < -0.3 is 11.1 Å². The number of hydrogen-bond donors (Lipinski definition) is 2. The SMILES string of the molecule is CNC(=O)C1CCCCN1S(=O)(=O)c1ccc(N)cc1C. The molecule has 1 fully saturated rings. The summed E-state index contributed by atoms with van der Waals surface area (Å²) in [6, 6.07) is 4.07. The van der Waals surface area contributed by atoms with Crippen molar-refractivity contribution in [2.75, 3.05) is 19.3 Å². The normalized spacial score (nSPS) is 20.2. The Hall–Kier alpha value is -1.60. The summed E-state index contributed by atoms with van der Waals surface area (Å²) in [6.07, 6.45) is 2.17. The van der Waals surface area contributed by atoms with Gasteiger partial charge in [-0.15, -0.1) is 0 Å². The number of aryl methyl sites for hydroxylation is 1. The number of piperidine rings is 1. The fraction of sp³-hybridized carbons (Fsp3) is 0.500. The minimum atomic E-state index is -3.70. The van der Waals surface area contributed by atoms with Crippen LogP contribution in [0, 0.1) is 6.92 Å². The summed E-state index contributed by atoms with van der Waals surface area (Å²) in [5, 5.41) is 2.55. The predicted molar refractivity (Wildman–Crippen MR) is 81.2 cm³/mol. The molecule has 1 heterocycles. The molecule has 0 aliphatic carbocycles. The number of hydrogen-bond acceptors (Lipinski definition) is 4. The number of rotatable bonds is 3. The molecule has 0 saturated carbocycles. The minimum Gasteiger partial charge on any atom is -0.399 e. The molecule has 0 radical (unpaired) electrons. The Morgan fingerprint density at radius 1 is 1.38 bits per heavy atom. The number of nitrogens with two attached hydrogens (primary N) is 1. The molecule has 0 aromatic heterocycles. The fourth-order valence-electron chi connectivity index (χ4n) is 2.71. The minimum absolute atomic E-state index is 0.215. The zero-order valence-corrected chi connectivity index (χ0v) is 13.1. The first-order chi connectivity index (χ1) is 9.87. The lowest BCUT2D eigenvalue weighted by Gasteiger charge is -2.33. The Morgan fingerprint density at radius 3 is 2.71 bits per heavy atom. The fourth-order valence-corrected chi connectivity index (χ4v) is 4.57. The lowest BCUT2D eigenvalue weighted by Crippen LogP contribution is -2.51. The number of sulfonamides is 1. The number of nitrogens with one attached hydrogen (secondary N) is 1. The molecule has 0 spiro atoms. The van der Waals surface area contributed by atoms with E-state index in [0.717, 1.165) is 12.8 Å². The van der Waals surface area contributed by atoms with E-state index in [9.17, 15) is 13.2 Å². The van der Waals surface area contributed by atoms with Gasteiger partial charge in [0.05, 0.1) is 4.90 Å². The quantitative estimate of drug-likeness (QED) is 0.810. The van der Waals surface area contributed by atoms with Crippen LogP contribution in [0.15, 0.2) is 23.1 Å². The van der Waals surface area contributed by atoms with Crippen LogP contribution in [0.1, 0.15) is 24.8 Å². The third kappa shape index (κ3) is 3.03. The van der Waals surface area contributed by atoms with Crippen molar-refractivity contribution in [1.82, 2.24) is 9.62 Å². The van der Waals surface area contributed by atoms with Gasteiger partial charge in [0, 0.05) is 19.3 Å². The molecule has 7 heteroatoms. The summed E-state index contributed by atoms with van der Waals surface area (Å²) in [6.45, 7) is 2.08. The van der Waals surface area contributed by atoms with Gasteiger partial charge in [0.2, 0.25) is 15.9 Å². The van der Waals surface area contributed by atoms with Crippen LogP contribution in [0.5, 0.6) is 0 Å². The first-order valence-corrected chi connectivity index (χ1v) is 8.41. The van der Waals surface area contributed by atoms with Crippen molar-refractivity contribution in [3.63, 3.8) is 0 Å². The second-order valence-corrected chi connectivity index (χ2v) is 7.13. The van der Waals surface area contributed by atoms with Gasteiger partial charge in [-0.05, 0) is 43.5 Å². The van der Waals surface area contributed by atoms with Crippen molar-refractivity contribution in [2.24, 2.45) is 0 Å². The number of benzene rings is 1. The van der Waals surface area contributed by atoms with Crippen molar-refractivity contribution < 1.29 is 13.2 Å². The molecule has 116 valence electrons. The van der Waals surface area contributed by atoms with Gasteiger partial charge in [-0.25, -0.2) is 8.42 Å². The van der Waals surface area contributed by atoms with E-state index in [1.807, 2.05) is 0 Å². The molecule has 6 nitrogen and oxygen atoms in total. The largest absolute Gasteiger partial charge is 0.399 e. The number of anilines is 1. The van der Waals surface area contributed by atoms with Crippen molar-refractivity contribution >= 4 is 21.6 Å². The first-order valence-electron chi connectivity index (χ1n) is 6.97.